The second kappa shape index (κ2) is 8.99. The molecule has 2 aromatic rings. The number of anilines is 1. The summed E-state index contributed by atoms with van der Waals surface area (Å²) >= 11 is 0. The summed E-state index contributed by atoms with van der Waals surface area (Å²) in [5, 5.41) is 5.31. The molecule has 1 saturated heterocycles. The number of amides is 4. The first kappa shape index (κ1) is 22.0. The Bertz CT molecular complexity index is 990. The third kappa shape index (κ3) is 4.91. The van der Waals surface area contributed by atoms with Crippen molar-refractivity contribution < 1.29 is 23.9 Å². The number of nitrogens with one attached hydrogen (secondary N) is 2. The molecular weight excluding hydrogens is 398 g/mol. The fraction of sp³-hybridized carbons (Fsp3) is 0.304. The molecular formula is C23H25N3O5. The number of carbonyl (C=O) groups excluding carboxylic acids is 4. The van der Waals surface area contributed by atoms with Crippen LogP contribution in [0.4, 0.5) is 10.5 Å². The van der Waals surface area contributed by atoms with E-state index in [-0.39, 0.29) is 0 Å². The summed E-state index contributed by atoms with van der Waals surface area (Å²) in [5.74, 6) is -1.91. The minimum absolute atomic E-state index is 0.384. The van der Waals surface area contributed by atoms with Crippen molar-refractivity contribution in [2.24, 2.45) is 0 Å². The number of benzene rings is 2. The van der Waals surface area contributed by atoms with E-state index in [1.54, 1.807) is 56.3 Å². The topological polar surface area (TPSA) is 105 Å². The number of carbonyl (C=O) groups is 4. The first-order chi connectivity index (χ1) is 14.7. The maximum Gasteiger partial charge on any atom is 0.327 e. The molecule has 0 unspecified atom stereocenters. The van der Waals surface area contributed by atoms with E-state index < -0.39 is 42.0 Å². The lowest BCUT2D eigenvalue weighted by atomic mass is 9.99. The Morgan fingerprint density at radius 1 is 1.10 bits per heavy atom. The fourth-order valence-electron chi connectivity index (χ4n) is 3.17. The van der Waals surface area contributed by atoms with Crippen LogP contribution >= 0.6 is 0 Å². The van der Waals surface area contributed by atoms with Crippen LogP contribution in [0.15, 0.2) is 54.6 Å². The molecule has 8 heteroatoms. The molecule has 0 bridgehead atoms. The van der Waals surface area contributed by atoms with E-state index in [1.807, 2.05) is 19.1 Å². The van der Waals surface area contributed by atoms with E-state index in [4.69, 9.17) is 4.74 Å². The molecule has 0 saturated carbocycles. The molecule has 4 amide bonds. The number of rotatable bonds is 7. The molecule has 1 aliphatic heterocycles. The first-order valence-corrected chi connectivity index (χ1v) is 9.99. The standard InChI is InChI=1S/C23H25N3O5/c1-4-23(3)21(29)26(22(30)25-23)14-18(27)31-19(16-8-6-5-7-9-16)20(28)24-17-12-10-15(2)11-13-17/h5-13,19H,4,14H2,1-3H3,(H,24,28)(H,25,30)/t19-,23-/m1/s1. The second-order valence-electron chi connectivity index (χ2n) is 7.64. The lowest BCUT2D eigenvalue weighted by molar-refractivity contribution is -0.156. The van der Waals surface area contributed by atoms with Crippen LogP contribution in [-0.2, 0) is 19.1 Å². The van der Waals surface area contributed by atoms with Crippen molar-refractivity contribution in [2.75, 3.05) is 11.9 Å². The number of hydrogen-bond acceptors (Lipinski definition) is 5. The summed E-state index contributed by atoms with van der Waals surface area (Å²) in [6.45, 7) is 4.71. The van der Waals surface area contributed by atoms with Gasteiger partial charge in [0.1, 0.15) is 12.1 Å². The van der Waals surface area contributed by atoms with Gasteiger partial charge in [-0.25, -0.2) is 4.79 Å². The van der Waals surface area contributed by atoms with Crippen LogP contribution in [-0.4, -0.2) is 40.8 Å². The van der Waals surface area contributed by atoms with Gasteiger partial charge >= 0.3 is 12.0 Å². The Labute approximate surface area is 180 Å². The van der Waals surface area contributed by atoms with Crippen LogP contribution in [0.3, 0.4) is 0 Å². The molecule has 31 heavy (non-hydrogen) atoms. The molecule has 8 nitrogen and oxygen atoms in total. The molecule has 1 fully saturated rings. The van der Waals surface area contributed by atoms with Crippen molar-refractivity contribution in [1.29, 1.82) is 0 Å². The van der Waals surface area contributed by atoms with Gasteiger partial charge in [0.05, 0.1) is 0 Å². The molecule has 0 aromatic heterocycles. The summed E-state index contributed by atoms with van der Waals surface area (Å²) in [4.78, 5) is 51.0. The highest BCUT2D eigenvalue weighted by Gasteiger charge is 2.47. The van der Waals surface area contributed by atoms with Crippen molar-refractivity contribution in [1.82, 2.24) is 10.2 Å². The lowest BCUT2D eigenvalue weighted by Gasteiger charge is -2.21. The summed E-state index contributed by atoms with van der Waals surface area (Å²) in [6, 6.07) is 15.1. The number of aryl methyl sites for hydroxylation is 1. The highest BCUT2D eigenvalue weighted by Crippen LogP contribution is 2.23. The molecule has 0 radical (unpaired) electrons. The van der Waals surface area contributed by atoms with Crippen molar-refractivity contribution in [3.63, 3.8) is 0 Å². The van der Waals surface area contributed by atoms with Gasteiger partial charge in [-0.05, 0) is 32.4 Å². The van der Waals surface area contributed by atoms with E-state index in [0.29, 0.717) is 17.7 Å². The first-order valence-electron chi connectivity index (χ1n) is 9.99. The zero-order valence-corrected chi connectivity index (χ0v) is 17.7. The van der Waals surface area contributed by atoms with Crippen LogP contribution in [0.1, 0.15) is 37.5 Å². The van der Waals surface area contributed by atoms with Gasteiger partial charge in [0, 0.05) is 11.3 Å². The summed E-state index contributed by atoms with van der Waals surface area (Å²) in [7, 11) is 0. The maximum atomic E-state index is 12.9. The molecule has 1 heterocycles. The van der Waals surface area contributed by atoms with Crippen molar-refractivity contribution >= 4 is 29.5 Å². The van der Waals surface area contributed by atoms with Gasteiger partial charge in [-0.1, -0.05) is 55.0 Å². The zero-order chi connectivity index (χ0) is 22.6. The highest BCUT2D eigenvalue weighted by molar-refractivity contribution is 6.08. The van der Waals surface area contributed by atoms with Gasteiger partial charge in [0.15, 0.2) is 0 Å². The van der Waals surface area contributed by atoms with E-state index in [1.165, 1.54) is 0 Å². The van der Waals surface area contributed by atoms with Crippen LogP contribution < -0.4 is 10.6 Å². The number of nitrogens with zero attached hydrogens (tertiary/aromatic N) is 1. The average molecular weight is 423 g/mol. The number of hydrogen-bond donors (Lipinski definition) is 2. The van der Waals surface area contributed by atoms with Gasteiger partial charge in [-0.3, -0.25) is 19.3 Å². The number of imide groups is 1. The van der Waals surface area contributed by atoms with E-state index in [0.717, 1.165) is 10.5 Å². The average Bonchev–Trinajstić information content (AvgIpc) is 2.97. The molecule has 2 atom stereocenters. The molecule has 2 aromatic carbocycles. The third-order valence-electron chi connectivity index (χ3n) is 5.25. The molecule has 1 aliphatic rings. The van der Waals surface area contributed by atoms with Crippen molar-refractivity contribution in [3.8, 4) is 0 Å². The number of urea groups is 1. The quantitative estimate of drug-likeness (QED) is 0.526. The normalized spacial score (nSPS) is 19.0. The van der Waals surface area contributed by atoms with E-state index >= 15 is 0 Å². The fourth-order valence-corrected chi connectivity index (χ4v) is 3.17. The Hall–Kier alpha value is -3.68. The van der Waals surface area contributed by atoms with Crippen LogP contribution in [0.25, 0.3) is 0 Å². The third-order valence-corrected chi connectivity index (χ3v) is 5.25. The Kier molecular flexibility index (Phi) is 6.39. The highest BCUT2D eigenvalue weighted by atomic mass is 16.5. The van der Waals surface area contributed by atoms with E-state index in [2.05, 4.69) is 10.6 Å². The number of ether oxygens (including phenoxy) is 1. The summed E-state index contributed by atoms with van der Waals surface area (Å²) in [6.07, 6.45) is -0.859. The summed E-state index contributed by atoms with van der Waals surface area (Å²) < 4.78 is 5.43. The Morgan fingerprint density at radius 3 is 2.32 bits per heavy atom. The van der Waals surface area contributed by atoms with E-state index in [9.17, 15) is 19.2 Å². The van der Waals surface area contributed by atoms with Crippen molar-refractivity contribution in [3.05, 3.63) is 65.7 Å². The minimum atomic E-state index is -1.24. The number of esters is 1. The van der Waals surface area contributed by atoms with Gasteiger partial charge in [-0.15, -0.1) is 0 Å². The lowest BCUT2D eigenvalue weighted by Crippen LogP contribution is -2.43. The second-order valence-corrected chi connectivity index (χ2v) is 7.64. The van der Waals surface area contributed by atoms with Crippen LogP contribution in [0.5, 0.6) is 0 Å². The molecule has 2 N–H and O–H groups in total. The molecule has 0 aliphatic carbocycles. The van der Waals surface area contributed by atoms with Crippen LogP contribution in [0, 0.1) is 6.92 Å². The molecule has 0 spiro atoms. The largest absolute Gasteiger partial charge is 0.446 e. The predicted octanol–water partition coefficient (Wildman–Crippen LogP) is 2.94. The Balaban J connectivity index is 1.75. The molecule has 3 rings (SSSR count). The Morgan fingerprint density at radius 2 is 1.74 bits per heavy atom. The summed E-state index contributed by atoms with van der Waals surface area (Å²) in [5.41, 5.74) is 1.01. The van der Waals surface area contributed by atoms with Gasteiger partial charge in [-0.2, -0.15) is 0 Å². The van der Waals surface area contributed by atoms with Gasteiger partial charge < -0.3 is 15.4 Å². The van der Waals surface area contributed by atoms with Gasteiger partial charge in [0.25, 0.3) is 11.8 Å². The maximum absolute atomic E-state index is 12.9. The SMILES string of the molecule is CC[C@@]1(C)NC(=O)N(CC(=O)O[C@@H](C(=O)Nc2ccc(C)cc2)c2ccccc2)C1=O. The van der Waals surface area contributed by atoms with Gasteiger partial charge in [0.2, 0.25) is 6.10 Å². The molecule has 162 valence electrons. The zero-order valence-electron chi connectivity index (χ0n) is 17.7. The monoisotopic (exact) mass is 423 g/mol. The smallest absolute Gasteiger partial charge is 0.327 e. The predicted molar refractivity (Wildman–Crippen MR) is 114 cm³/mol. The minimum Gasteiger partial charge on any atom is -0.446 e. The van der Waals surface area contributed by atoms with Crippen LogP contribution in [0.2, 0.25) is 0 Å². The van der Waals surface area contributed by atoms with Crippen molar-refractivity contribution in [2.45, 2.75) is 38.8 Å².